The smallest absolute Gasteiger partial charge is 0.307 e. The number of para-hydroxylation sites is 3. The first-order chi connectivity index (χ1) is 21.9. The molecule has 1 aliphatic rings. The van der Waals surface area contributed by atoms with Crippen molar-refractivity contribution in [3.63, 3.8) is 0 Å². The molecule has 1 unspecified atom stereocenters. The van der Waals surface area contributed by atoms with Crippen LogP contribution in [0.1, 0.15) is 34.1 Å². The minimum absolute atomic E-state index is 0.0194. The lowest BCUT2D eigenvalue weighted by Crippen LogP contribution is -2.49. The maximum absolute atomic E-state index is 14.3. The molecule has 3 aromatic carbocycles. The molecule has 0 fully saturated rings. The number of anilines is 1. The fourth-order valence-corrected chi connectivity index (χ4v) is 7.03. The van der Waals surface area contributed by atoms with Crippen LogP contribution in [0.5, 0.6) is 11.5 Å². The molecule has 0 saturated heterocycles. The molecule has 240 valence electrons. The fourth-order valence-electron chi connectivity index (χ4n) is 5.46. The van der Waals surface area contributed by atoms with E-state index in [0.29, 0.717) is 34.1 Å². The molecule has 1 amide bonds. The van der Waals surface area contributed by atoms with E-state index < -0.39 is 27.9 Å². The van der Waals surface area contributed by atoms with Crippen molar-refractivity contribution < 1.29 is 32.6 Å². The van der Waals surface area contributed by atoms with Crippen LogP contribution >= 0.6 is 0 Å². The Kier molecular flexibility index (Phi) is 9.15. The zero-order valence-electron chi connectivity index (χ0n) is 26.1. The third-order valence-electron chi connectivity index (χ3n) is 7.71. The molecule has 1 aliphatic heterocycles. The topological polar surface area (TPSA) is 152 Å². The number of carboxylic acids is 1. The highest BCUT2D eigenvalue weighted by Crippen LogP contribution is 2.36. The number of nitrogens with zero attached hydrogens (tertiary/aromatic N) is 4. The van der Waals surface area contributed by atoms with E-state index in [1.807, 2.05) is 32.0 Å². The highest BCUT2D eigenvalue weighted by atomic mass is 32.2. The SMILES string of the molecule is COc1ccccc1NC(=O)C(C1=Nc2ccccc2S(=O)(=O)N1CCOc1ccc(C)cc1C)n1nc(C)c(CC(=O)O)c1C. The summed E-state index contributed by atoms with van der Waals surface area (Å²) in [6, 6.07) is 17.3. The number of nitrogens with one attached hydrogen (secondary N) is 1. The molecule has 1 aromatic heterocycles. The molecule has 2 N–H and O–H groups in total. The van der Waals surface area contributed by atoms with Crippen molar-refractivity contribution in [3.05, 3.63) is 94.8 Å². The van der Waals surface area contributed by atoms with Crippen molar-refractivity contribution in [2.24, 2.45) is 4.99 Å². The van der Waals surface area contributed by atoms with Crippen molar-refractivity contribution in [1.29, 1.82) is 0 Å². The normalized spacial score (nSPS) is 14.2. The van der Waals surface area contributed by atoms with Gasteiger partial charge in [0.2, 0.25) is 0 Å². The number of hydrogen-bond acceptors (Lipinski definition) is 8. The second-order valence-corrected chi connectivity index (χ2v) is 12.7. The van der Waals surface area contributed by atoms with E-state index in [1.165, 1.54) is 17.9 Å². The van der Waals surface area contributed by atoms with Gasteiger partial charge < -0.3 is 19.9 Å². The van der Waals surface area contributed by atoms with Crippen LogP contribution in [0.25, 0.3) is 0 Å². The number of sulfonamides is 1. The first-order valence-electron chi connectivity index (χ1n) is 14.5. The van der Waals surface area contributed by atoms with Crippen molar-refractivity contribution >= 4 is 39.1 Å². The lowest BCUT2D eigenvalue weighted by Gasteiger charge is -2.33. The van der Waals surface area contributed by atoms with E-state index >= 15 is 0 Å². The van der Waals surface area contributed by atoms with Crippen LogP contribution in [-0.4, -0.2) is 65.6 Å². The number of aliphatic imine (C=N–C) groups is 1. The minimum atomic E-state index is -4.23. The quantitative estimate of drug-likeness (QED) is 0.237. The van der Waals surface area contributed by atoms with Crippen molar-refractivity contribution in [2.75, 3.05) is 25.6 Å². The first kappa shape index (κ1) is 32.2. The van der Waals surface area contributed by atoms with E-state index in [4.69, 9.17) is 14.5 Å². The number of amidine groups is 1. The molecular weight excluding hydrogens is 610 g/mol. The highest BCUT2D eigenvalue weighted by Gasteiger charge is 2.42. The molecule has 1 atom stereocenters. The van der Waals surface area contributed by atoms with Crippen LogP contribution < -0.4 is 14.8 Å². The van der Waals surface area contributed by atoms with Gasteiger partial charge in [0.25, 0.3) is 15.9 Å². The van der Waals surface area contributed by atoms with Crippen LogP contribution in [0.4, 0.5) is 11.4 Å². The third kappa shape index (κ3) is 6.31. The van der Waals surface area contributed by atoms with Gasteiger partial charge in [-0.05, 0) is 63.6 Å². The Labute approximate surface area is 267 Å². The van der Waals surface area contributed by atoms with Crippen molar-refractivity contribution in [2.45, 2.75) is 45.1 Å². The number of ether oxygens (including phenoxy) is 2. The lowest BCUT2D eigenvalue weighted by atomic mass is 10.1. The molecule has 0 bridgehead atoms. The molecule has 0 saturated carbocycles. The zero-order valence-corrected chi connectivity index (χ0v) is 27.0. The van der Waals surface area contributed by atoms with Gasteiger partial charge in [-0.2, -0.15) is 5.10 Å². The predicted octanol–water partition coefficient (Wildman–Crippen LogP) is 4.75. The van der Waals surface area contributed by atoms with Gasteiger partial charge in [0.1, 0.15) is 23.0 Å². The summed E-state index contributed by atoms with van der Waals surface area (Å²) in [6.07, 6.45) is -0.334. The molecular formula is C33H35N5O7S. The van der Waals surface area contributed by atoms with Crippen LogP contribution in [0, 0.1) is 27.7 Å². The first-order valence-corrected chi connectivity index (χ1v) is 16.0. The number of amides is 1. The standard InChI is InChI=1S/C33H35N5O7S/c1-20-14-15-27(21(2)18-20)45-17-16-37-32(34-26-11-7-9-13-29(26)46(37,42)43)31(33(41)35-25-10-6-8-12-28(25)44-5)38-23(4)24(19-30(39)40)22(3)36-38/h6-15,18,31H,16-17,19H2,1-5H3,(H,35,41)(H,39,40). The van der Waals surface area contributed by atoms with Crippen molar-refractivity contribution in [1.82, 2.24) is 14.1 Å². The molecule has 0 radical (unpaired) electrons. The van der Waals surface area contributed by atoms with Gasteiger partial charge >= 0.3 is 5.97 Å². The fraction of sp³-hybridized carbons (Fsp3) is 0.273. The maximum Gasteiger partial charge on any atom is 0.307 e. The van der Waals surface area contributed by atoms with Crippen LogP contribution in [0.3, 0.4) is 0 Å². The Morgan fingerprint density at radius 1 is 0.978 bits per heavy atom. The number of aromatic nitrogens is 2. The van der Waals surface area contributed by atoms with Gasteiger partial charge in [-0.3, -0.25) is 9.59 Å². The van der Waals surface area contributed by atoms with E-state index in [1.54, 1.807) is 56.3 Å². The van der Waals surface area contributed by atoms with Crippen LogP contribution in [-0.2, 0) is 26.0 Å². The molecule has 0 spiro atoms. The molecule has 46 heavy (non-hydrogen) atoms. The highest BCUT2D eigenvalue weighted by molar-refractivity contribution is 7.90. The number of carbonyl (C=O) groups excluding carboxylic acids is 1. The van der Waals surface area contributed by atoms with Gasteiger partial charge in [0.05, 0.1) is 37.1 Å². The van der Waals surface area contributed by atoms with Crippen LogP contribution in [0.15, 0.2) is 76.6 Å². The van der Waals surface area contributed by atoms with E-state index in [0.717, 1.165) is 15.4 Å². The number of hydrogen-bond donors (Lipinski definition) is 2. The van der Waals surface area contributed by atoms with Gasteiger partial charge in [-0.25, -0.2) is 22.4 Å². The van der Waals surface area contributed by atoms with Gasteiger partial charge in [0.15, 0.2) is 11.9 Å². The predicted molar refractivity (Wildman–Crippen MR) is 173 cm³/mol. The average molecular weight is 646 g/mol. The Morgan fingerprint density at radius 2 is 1.70 bits per heavy atom. The van der Waals surface area contributed by atoms with Crippen LogP contribution in [0.2, 0.25) is 0 Å². The number of aliphatic carboxylic acids is 1. The second kappa shape index (κ2) is 13.1. The molecule has 2 heterocycles. The Balaban J connectivity index is 1.64. The monoisotopic (exact) mass is 645 g/mol. The van der Waals surface area contributed by atoms with Crippen molar-refractivity contribution in [3.8, 4) is 11.5 Å². The van der Waals surface area contributed by atoms with E-state index in [-0.39, 0.29) is 36.0 Å². The molecule has 12 nitrogen and oxygen atoms in total. The van der Waals surface area contributed by atoms with E-state index in [2.05, 4.69) is 10.4 Å². The Morgan fingerprint density at radius 3 is 2.41 bits per heavy atom. The third-order valence-corrected chi connectivity index (χ3v) is 9.56. The molecule has 4 aromatic rings. The van der Waals surface area contributed by atoms with E-state index in [9.17, 15) is 23.1 Å². The van der Waals surface area contributed by atoms with Gasteiger partial charge in [0, 0.05) is 11.3 Å². The molecule has 0 aliphatic carbocycles. The Bertz CT molecular complexity index is 1950. The zero-order chi connectivity index (χ0) is 33.2. The summed E-state index contributed by atoms with van der Waals surface area (Å²) in [6.45, 7) is 6.92. The number of carbonyl (C=O) groups is 2. The number of methoxy groups -OCH3 is 1. The largest absolute Gasteiger partial charge is 0.495 e. The average Bonchev–Trinajstić information content (AvgIpc) is 3.27. The van der Waals surface area contributed by atoms with Gasteiger partial charge in [-0.1, -0.05) is 42.0 Å². The summed E-state index contributed by atoms with van der Waals surface area (Å²) in [5.74, 6) is -0.871. The summed E-state index contributed by atoms with van der Waals surface area (Å²) in [7, 11) is -2.76. The number of benzene rings is 3. The lowest BCUT2D eigenvalue weighted by molar-refractivity contribution is -0.136. The number of rotatable bonds is 11. The van der Waals surface area contributed by atoms with Gasteiger partial charge in [-0.15, -0.1) is 0 Å². The summed E-state index contributed by atoms with van der Waals surface area (Å²) in [4.78, 5) is 30.8. The Hall–Kier alpha value is -5.17. The summed E-state index contributed by atoms with van der Waals surface area (Å²) >= 11 is 0. The molecule has 5 rings (SSSR count). The summed E-state index contributed by atoms with van der Waals surface area (Å²) < 4.78 is 42.3. The summed E-state index contributed by atoms with van der Waals surface area (Å²) in [5.41, 5.74) is 3.63. The maximum atomic E-state index is 14.3. The number of aryl methyl sites for hydroxylation is 3. The minimum Gasteiger partial charge on any atom is -0.495 e. The summed E-state index contributed by atoms with van der Waals surface area (Å²) in [5, 5.41) is 17.0. The number of carboxylic acid groups (broad SMARTS) is 1. The number of fused-ring (bicyclic) bond motifs is 1. The molecule has 13 heteroatoms. The second-order valence-electron chi connectivity index (χ2n) is 10.9.